The fraction of sp³-hybridized carbons (Fsp3) is 0.500. The molecule has 0 spiro atoms. The van der Waals surface area contributed by atoms with Gasteiger partial charge in [-0.3, -0.25) is 9.59 Å². The lowest BCUT2D eigenvalue weighted by Crippen LogP contribution is -2.48. The molecule has 1 heterocycles. The number of carbonyl (C=O) groups is 2. The van der Waals surface area contributed by atoms with Crippen molar-refractivity contribution in [2.24, 2.45) is 5.92 Å². The van der Waals surface area contributed by atoms with Crippen molar-refractivity contribution in [1.29, 1.82) is 0 Å². The summed E-state index contributed by atoms with van der Waals surface area (Å²) in [5.74, 6) is -7.82. The number of hydrogen-bond donors (Lipinski definition) is 1. The summed E-state index contributed by atoms with van der Waals surface area (Å²) in [6.07, 6.45) is -0.0929. The molecular formula is C24H26F5N3O3. The Labute approximate surface area is 199 Å². The highest BCUT2D eigenvalue weighted by Crippen LogP contribution is 2.33. The first-order valence-electron chi connectivity index (χ1n) is 11.3. The average molecular weight is 499 g/mol. The van der Waals surface area contributed by atoms with Gasteiger partial charge >= 0.3 is 12.3 Å². The van der Waals surface area contributed by atoms with Gasteiger partial charge in [-0.25, -0.2) is 4.39 Å². The number of benzene rings is 1. The predicted octanol–water partition coefficient (Wildman–Crippen LogP) is 5.83. The van der Waals surface area contributed by atoms with Gasteiger partial charge in [0.2, 0.25) is 5.89 Å². The van der Waals surface area contributed by atoms with Crippen LogP contribution in [-0.4, -0.2) is 33.9 Å². The number of aromatic nitrogens is 2. The smallest absolute Gasteiger partial charge is 0.321 e. The number of ketones is 1. The molecule has 0 bridgehead atoms. The molecule has 0 saturated heterocycles. The third kappa shape index (κ3) is 6.12. The fourth-order valence-electron chi connectivity index (χ4n) is 4.30. The van der Waals surface area contributed by atoms with Gasteiger partial charge in [0.25, 0.3) is 11.8 Å². The molecule has 2 aromatic rings. The Bertz CT molecular complexity index is 1110. The van der Waals surface area contributed by atoms with Crippen LogP contribution in [0.15, 0.2) is 28.7 Å². The summed E-state index contributed by atoms with van der Waals surface area (Å²) in [7, 11) is 0. The lowest BCUT2D eigenvalue weighted by atomic mass is 9.79. The minimum absolute atomic E-state index is 0.0271. The van der Waals surface area contributed by atoms with Crippen molar-refractivity contribution >= 4 is 11.7 Å². The van der Waals surface area contributed by atoms with Crippen molar-refractivity contribution in [3.8, 4) is 11.5 Å². The average Bonchev–Trinajstić information content (AvgIpc) is 3.29. The van der Waals surface area contributed by atoms with E-state index in [9.17, 15) is 31.5 Å². The van der Waals surface area contributed by atoms with Crippen LogP contribution in [0.3, 0.4) is 0 Å². The molecule has 190 valence electrons. The van der Waals surface area contributed by atoms with E-state index in [4.69, 9.17) is 4.42 Å². The van der Waals surface area contributed by atoms with E-state index in [1.165, 1.54) is 6.07 Å². The first-order chi connectivity index (χ1) is 16.4. The molecule has 0 radical (unpaired) electrons. The van der Waals surface area contributed by atoms with Crippen LogP contribution in [0.4, 0.5) is 22.0 Å². The van der Waals surface area contributed by atoms with Crippen molar-refractivity contribution < 1.29 is 36.0 Å². The van der Waals surface area contributed by atoms with Crippen molar-refractivity contribution in [3.05, 3.63) is 47.1 Å². The third-order valence-corrected chi connectivity index (χ3v) is 6.12. The van der Waals surface area contributed by atoms with Crippen molar-refractivity contribution in [3.63, 3.8) is 0 Å². The van der Waals surface area contributed by atoms with E-state index in [0.29, 0.717) is 19.8 Å². The van der Waals surface area contributed by atoms with E-state index < -0.39 is 41.8 Å². The van der Waals surface area contributed by atoms with Gasteiger partial charge in [-0.15, -0.1) is 10.2 Å². The molecular weight excluding hydrogens is 473 g/mol. The number of carbonyl (C=O) groups excluding carboxylic acids is 2. The van der Waals surface area contributed by atoms with E-state index in [0.717, 1.165) is 18.9 Å². The molecule has 2 atom stereocenters. The largest absolute Gasteiger partial charge is 0.415 e. The summed E-state index contributed by atoms with van der Waals surface area (Å²) in [6, 6.07) is 1.76. The van der Waals surface area contributed by atoms with Crippen LogP contribution in [0, 0.1) is 11.7 Å². The van der Waals surface area contributed by atoms with Gasteiger partial charge in [0.15, 0.2) is 5.78 Å². The fourth-order valence-corrected chi connectivity index (χ4v) is 4.30. The molecule has 1 fully saturated rings. The molecule has 35 heavy (non-hydrogen) atoms. The van der Waals surface area contributed by atoms with Gasteiger partial charge < -0.3 is 9.73 Å². The number of rotatable bonds is 9. The number of hydrogen-bond acceptors (Lipinski definition) is 5. The molecule has 1 amide bonds. The number of amides is 1. The highest BCUT2D eigenvalue weighted by Gasteiger charge is 2.36. The van der Waals surface area contributed by atoms with Crippen LogP contribution in [0.1, 0.15) is 74.2 Å². The van der Waals surface area contributed by atoms with Crippen molar-refractivity contribution in [1.82, 2.24) is 15.5 Å². The highest BCUT2D eigenvalue weighted by molar-refractivity contribution is 6.09. The van der Waals surface area contributed by atoms with E-state index in [-0.39, 0.29) is 46.9 Å². The predicted molar refractivity (Wildman–Crippen MR) is 117 cm³/mol. The molecule has 1 aromatic heterocycles. The van der Waals surface area contributed by atoms with Crippen LogP contribution in [0.25, 0.3) is 11.5 Å². The van der Waals surface area contributed by atoms with Gasteiger partial charge in [-0.1, -0.05) is 26.3 Å². The maximum atomic E-state index is 14.8. The third-order valence-electron chi connectivity index (χ3n) is 6.12. The highest BCUT2D eigenvalue weighted by atomic mass is 19.3. The number of nitrogens with one attached hydrogen (secondary N) is 1. The lowest BCUT2D eigenvalue weighted by molar-refractivity contribution is -0.144. The maximum absolute atomic E-state index is 14.8. The summed E-state index contributed by atoms with van der Waals surface area (Å²) >= 11 is 0. The minimum Gasteiger partial charge on any atom is -0.415 e. The lowest BCUT2D eigenvalue weighted by Gasteiger charge is -2.33. The van der Waals surface area contributed by atoms with Crippen LogP contribution in [-0.2, 0) is 11.2 Å². The molecule has 11 heteroatoms. The quantitative estimate of drug-likeness (QED) is 0.266. The molecule has 3 rings (SSSR count). The zero-order chi connectivity index (χ0) is 25.9. The van der Waals surface area contributed by atoms with E-state index in [1.54, 1.807) is 6.92 Å². The molecule has 0 aliphatic heterocycles. The Morgan fingerprint density at radius 1 is 1.23 bits per heavy atom. The Morgan fingerprint density at radius 3 is 2.51 bits per heavy atom. The molecule has 1 aliphatic rings. The van der Waals surface area contributed by atoms with Gasteiger partial charge in [0.1, 0.15) is 5.82 Å². The Kier molecular flexibility index (Phi) is 8.07. The summed E-state index contributed by atoms with van der Waals surface area (Å²) in [5.41, 5.74) is 0.154. The van der Waals surface area contributed by atoms with E-state index in [2.05, 4.69) is 22.1 Å². The molecule has 6 nitrogen and oxygen atoms in total. The normalized spacial score (nSPS) is 18.5. The molecule has 1 saturated carbocycles. The second-order valence-electron chi connectivity index (χ2n) is 8.73. The monoisotopic (exact) mass is 499 g/mol. The van der Waals surface area contributed by atoms with Crippen molar-refractivity contribution in [2.45, 2.75) is 70.8 Å². The van der Waals surface area contributed by atoms with Gasteiger partial charge in [-0.05, 0) is 54.9 Å². The second kappa shape index (κ2) is 10.7. The number of halogens is 5. The second-order valence-corrected chi connectivity index (χ2v) is 8.73. The molecule has 1 aromatic carbocycles. The number of nitrogens with zero attached hydrogens (tertiary/aromatic N) is 2. The first-order valence-corrected chi connectivity index (χ1v) is 11.3. The van der Waals surface area contributed by atoms with Crippen molar-refractivity contribution in [2.75, 3.05) is 0 Å². The van der Waals surface area contributed by atoms with Gasteiger partial charge in [0, 0.05) is 24.1 Å². The Balaban J connectivity index is 1.84. The summed E-state index contributed by atoms with van der Waals surface area (Å²) in [4.78, 5) is 25.1. The van der Waals surface area contributed by atoms with E-state index >= 15 is 0 Å². The molecule has 1 aliphatic carbocycles. The topological polar surface area (TPSA) is 85.1 Å². The van der Waals surface area contributed by atoms with Gasteiger partial charge in [0.05, 0.1) is 0 Å². The summed E-state index contributed by atoms with van der Waals surface area (Å²) in [5, 5.41) is 9.10. The minimum atomic E-state index is -3.53. The van der Waals surface area contributed by atoms with Gasteiger partial charge in [-0.2, -0.15) is 17.6 Å². The molecule has 1 unspecified atom stereocenters. The summed E-state index contributed by atoms with van der Waals surface area (Å²) in [6.45, 7) is 6.01. The maximum Gasteiger partial charge on any atom is 0.321 e. The standard InChI is InChI=1S/C24H26F5N3O3/c1-4-15-16(10-14(11-17(15)25)21-31-32-22(35-21)20(26)27)19(33)12(2)9-13-7-5-6-8-18(13)30-23(34)24(3,28)29/h10-11,13,18,20H,2,4-9H2,1,3H3,(H,30,34)/t13?,18-/m1/s1. The zero-order valence-corrected chi connectivity index (χ0v) is 19.3. The Hall–Kier alpha value is -3.11. The number of allylic oxidation sites excluding steroid dienone is 1. The zero-order valence-electron chi connectivity index (χ0n) is 19.3. The van der Waals surface area contributed by atoms with E-state index in [1.807, 2.05) is 0 Å². The molecule has 1 N–H and O–H groups in total. The van der Waals surface area contributed by atoms with Crippen LogP contribution >= 0.6 is 0 Å². The van der Waals surface area contributed by atoms with Crippen LogP contribution in [0.2, 0.25) is 0 Å². The summed E-state index contributed by atoms with van der Waals surface area (Å²) < 4.78 is 72.1. The number of alkyl halides is 4. The first kappa shape index (κ1) is 26.5. The SMILES string of the molecule is C=C(CC1CCCC[C@H]1NC(=O)C(C)(F)F)C(=O)c1cc(-c2nnc(C(F)F)o2)cc(F)c1CC. The Morgan fingerprint density at radius 2 is 1.91 bits per heavy atom. The number of Topliss-reactive ketones (excluding diaryl/α,β-unsaturated/α-hetero) is 1. The van der Waals surface area contributed by atoms with Crippen LogP contribution < -0.4 is 5.32 Å². The van der Waals surface area contributed by atoms with Crippen LogP contribution in [0.5, 0.6) is 0 Å².